The summed E-state index contributed by atoms with van der Waals surface area (Å²) >= 11 is 0. The van der Waals surface area contributed by atoms with Gasteiger partial charge in [0.15, 0.2) is 17.5 Å². The van der Waals surface area contributed by atoms with Gasteiger partial charge in [-0.25, -0.2) is 0 Å². The molecule has 3 rings (SSSR count). The van der Waals surface area contributed by atoms with E-state index in [9.17, 15) is 14.4 Å². The Bertz CT molecular complexity index is 768. The zero-order valence-electron chi connectivity index (χ0n) is 13.3. The molecular formula is C19H17NO4. The number of methoxy groups -OCH3 is 1. The summed E-state index contributed by atoms with van der Waals surface area (Å²) in [5.74, 6) is -1.69. The van der Waals surface area contributed by atoms with Gasteiger partial charge in [-0.05, 0) is 17.7 Å². The molecule has 24 heavy (non-hydrogen) atoms. The molecule has 0 spiro atoms. The molecule has 2 aromatic rings. The van der Waals surface area contributed by atoms with Crippen molar-refractivity contribution in [2.45, 2.75) is 6.54 Å². The van der Waals surface area contributed by atoms with Crippen LogP contribution in [0.5, 0.6) is 5.75 Å². The molecule has 1 fully saturated rings. The smallest absolute Gasteiger partial charge is 0.241 e. The Balaban J connectivity index is 1.75. The number of benzene rings is 2. The lowest BCUT2D eigenvalue weighted by Crippen LogP contribution is -2.30. The third kappa shape index (κ3) is 3.06. The molecule has 0 saturated carbocycles. The van der Waals surface area contributed by atoms with Gasteiger partial charge in [0.1, 0.15) is 5.75 Å². The molecule has 1 heterocycles. The lowest BCUT2D eigenvalue weighted by Gasteiger charge is -2.15. The fourth-order valence-electron chi connectivity index (χ4n) is 2.79. The molecule has 1 unspecified atom stereocenters. The summed E-state index contributed by atoms with van der Waals surface area (Å²) in [7, 11) is 1.58. The van der Waals surface area contributed by atoms with Gasteiger partial charge in [0.25, 0.3) is 0 Å². The standard InChI is InChI=1S/C19H17NO4/c1-24-15-9-7-13(8-10-15)11-20-12-16(21)17(19(20)23)18(22)14-5-3-2-4-6-14/h2-10,17H,11-12H2,1H3. The van der Waals surface area contributed by atoms with Gasteiger partial charge in [-0.2, -0.15) is 0 Å². The van der Waals surface area contributed by atoms with E-state index in [1.165, 1.54) is 4.90 Å². The van der Waals surface area contributed by atoms with Crippen molar-refractivity contribution in [3.8, 4) is 5.75 Å². The third-order valence-corrected chi connectivity index (χ3v) is 4.08. The van der Waals surface area contributed by atoms with Crippen LogP contribution in [0.1, 0.15) is 15.9 Å². The minimum absolute atomic E-state index is 0.0336. The van der Waals surface area contributed by atoms with Crippen molar-refractivity contribution in [3.05, 3.63) is 65.7 Å². The zero-order chi connectivity index (χ0) is 17.1. The number of Topliss-reactive ketones (excluding diaryl/α,β-unsaturated/α-hetero) is 2. The number of carbonyl (C=O) groups is 3. The van der Waals surface area contributed by atoms with Crippen LogP contribution in [-0.2, 0) is 16.1 Å². The molecular weight excluding hydrogens is 306 g/mol. The van der Waals surface area contributed by atoms with Crippen molar-refractivity contribution < 1.29 is 19.1 Å². The highest BCUT2D eigenvalue weighted by molar-refractivity contribution is 6.27. The average Bonchev–Trinajstić information content (AvgIpc) is 2.89. The maximum atomic E-state index is 12.5. The minimum Gasteiger partial charge on any atom is -0.497 e. The predicted octanol–water partition coefficient (Wildman–Crippen LogP) is 2.11. The van der Waals surface area contributed by atoms with E-state index in [1.807, 2.05) is 12.1 Å². The van der Waals surface area contributed by atoms with Crippen LogP contribution in [0.25, 0.3) is 0 Å². The molecule has 1 atom stereocenters. The van der Waals surface area contributed by atoms with Gasteiger partial charge in [-0.3, -0.25) is 14.4 Å². The van der Waals surface area contributed by atoms with Crippen molar-refractivity contribution in [3.63, 3.8) is 0 Å². The number of nitrogens with zero attached hydrogens (tertiary/aromatic N) is 1. The summed E-state index contributed by atoms with van der Waals surface area (Å²) < 4.78 is 5.10. The quantitative estimate of drug-likeness (QED) is 0.624. The van der Waals surface area contributed by atoms with E-state index in [-0.39, 0.29) is 12.3 Å². The minimum atomic E-state index is -1.22. The number of likely N-dealkylation sites (tertiary alicyclic amines) is 1. The number of carbonyl (C=O) groups excluding carboxylic acids is 3. The Morgan fingerprint density at radius 1 is 1.08 bits per heavy atom. The van der Waals surface area contributed by atoms with Crippen LogP contribution in [0.2, 0.25) is 0 Å². The van der Waals surface area contributed by atoms with Gasteiger partial charge in [0.2, 0.25) is 5.91 Å². The van der Waals surface area contributed by atoms with Gasteiger partial charge < -0.3 is 9.64 Å². The Morgan fingerprint density at radius 3 is 2.38 bits per heavy atom. The molecule has 0 bridgehead atoms. The highest BCUT2D eigenvalue weighted by Gasteiger charge is 2.43. The average molecular weight is 323 g/mol. The first-order chi connectivity index (χ1) is 11.6. The van der Waals surface area contributed by atoms with Crippen LogP contribution in [0.15, 0.2) is 54.6 Å². The van der Waals surface area contributed by atoms with Crippen LogP contribution in [0, 0.1) is 5.92 Å². The molecule has 0 aromatic heterocycles. The lowest BCUT2D eigenvalue weighted by atomic mass is 9.95. The van der Waals surface area contributed by atoms with E-state index < -0.39 is 17.6 Å². The molecule has 0 radical (unpaired) electrons. The summed E-state index contributed by atoms with van der Waals surface area (Å²) in [5, 5.41) is 0. The van der Waals surface area contributed by atoms with E-state index in [1.54, 1.807) is 49.6 Å². The SMILES string of the molecule is COc1ccc(CN2CC(=O)C(C(=O)c3ccccc3)C2=O)cc1. The molecule has 0 aliphatic carbocycles. The third-order valence-electron chi connectivity index (χ3n) is 4.08. The second-order valence-corrected chi connectivity index (χ2v) is 5.67. The van der Waals surface area contributed by atoms with Crippen LogP contribution >= 0.6 is 0 Å². The first-order valence-electron chi connectivity index (χ1n) is 7.64. The summed E-state index contributed by atoms with van der Waals surface area (Å²) in [5.41, 5.74) is 1.26. The van der Waals surface area contributed by atoms with Crippen molar-refractivity contribution in [1.82, 2.24) is 4.90 Å². The first kappa shape index (κ1) is 15.9. The molecule has 1 aliphatic rings. The molecule has 0 N–H and O–H groups in total. The Kier molecular flexibility index (Phi) is 4.42. The maximum absolute atomic E-state index is 12.5. The number of rotatable bonds is 5. The second kappa shape index (κ2) is 6.66. The number of ether oxygens (including phenoxy) is 1. The molecule has 1 saturated heterocycles. The predicted molar refractivity (Wildman–Crippen MR) is 87.7 cm³/mol. The molecule has 2 aromatic carbocycles. The second-order valence-electron chi connectivity index (χ2n) is 5.67. The van der Waals surface area contributed by atoms with Crippen molar-refractivity contribution in [2.75, 3.05) is 13.7 Å². The first-order valence-corrected chi connectivity index (χ1v) is 7.64. The maximum Gasteiger partial charge on any atom is 0.241 e. The van der Waals surface area contributed by atoms with E-state index in [4.69, 9.17) is 4.74 Å². The van der Waals surface area contributed by atoms with Crippen LogP contribution in [0.3, 0.4) is 0 Å². The monoisotopic (exact) mass is 323 g/mol. The summed E-state index contributed by atoms with van der Waals surface area (Å²) in [6.45, 7) is 0.265. The summed E-state index contributed by atoms with van der Waals surface area (Å²) in [6, 6.07) is 15.7. The Morgan fingerprint density at radius 2 is 1.75 bits per heavy atom. The normalized spacial score (nSPS) is 17.2. The van der Waals surface area contributed by atoms with E-state index in [0.717, 1.165) is 11.3 Å². The molecule has 1 amide bonds. The largest absolute Gasteiger partial charge is 0.497 e. The highest BCUT2D eigenvalue weighted by Crippen LogP contribution is 2.22. The number of amides is 1. The van der Waals surface area contributed by atoms with Crippen molar-refractivity contribution in [2.24, 2.45) is 5.92 Å². The Labute approximate surface area is 139 Å². The van der Waals surface area contributed by atoms with Gasteiger partial charge >= 0.3 is 0 Å². The zero-order valence-corrected chi connectivity index (χ0v) is 13.3. The van der Waals surface area contributed by atoms with Gasteiger partial charge in [0, 0.05) is 12.1 Å². The fourth-order valence-corrected chi connectivity index (χ4v) is 2.79. The van der Waals surface area contributed by atoms with E-state index >= 15 is 0 Å². The fraction of sp³-hybridized carbons (Fsp3) is 0.211. The number of hydrogen-bond donors (Lipinski definition) is 0. The van der Waals surface area contributed by atoms with Crippen LogP contribution in [-0.4, -0.2) is 36.0 Å². The van der Waals surface area contributed by atoms with Crippen molar-refractivity contribution in [1.29, 1.82) is 0 Å². The highest BCUT2D eigenvalue weighted by atomic mass is 16.5. The lowest BCUT2D eigenvalue weighted by molar-refractivity contribution is -0.130. The summed E-state index contributed by atoms with van der Waals surface area (Å²) in [6.07, 6.45) is 0. The topological polar surface area (TPSA) is 63.7 Å². The summed E-state index contributed by atoms with van der Waals surface area (Å²) in [4.78, 5) is 38.6. The molecule has 5 heteroatoms. The van der Waals surface area contributed by atoms with E-state index in [0.29, 0.717) is 12.1 Å². The number of hydrogen-bond acceptors (Lipinski definition) is 4. The van der Waals surface area contributed by atoms with Crippen LogP contribution < -0.4 is 4.74 Å². The number of ketones is 2. The van der Waals surface area contributed by atoms with Gasteiger partial charge in [-0.15, -0.1) is 0 Å². The molecule has 122 valence electrons. The molecule has 1 aliphatic heterocycles. The van der Waals surface area contributed by atoms with Gasteiger partial charge in [-0.1, -0.05) is 42.5 Å². The van der Waals surface area contributed by atoms with Gasteiger partial charge in [0.05, 0.1) is 13.7 Å². The van der Waals surface area contributed by atoms with Crippen LogP contribution in [0.4, 0.5) is 0 Å². The van der Waals surface area contributed by atoms with E-state index in [2.05, 4.69) is 0 Å². The van der Waals surface area contributed by atoms with Crippen molar-refractivity contribution >= 4 is 17.5 Å². The Hall–Kier alpha value is -2.95. The molecule has 5 nitrogen and oxygen atoms in total.